The SMILES string of the molecule is CC1(C)CC[C@]2(P(=O)(O)O)CC[C@]3(C)[C@H](C(=O)C=C4[C@@]5(C)C=C(C#N)C(=O)C(C)(C)[C@@H]5CC[C@]43C)[C@@H]2C1. The molecular formula is C30H42NO5P. The van der Waals surface area contributed by atoms with E-state index in [2.05, 4.69) is 40.7 Å². The lowest BCUT2D eigenvalue weighted by atomic mass is 9.35. The largest absolute Gasteiger partial charge is 0.331 e. The number of fused-ring (bicyclic) bond motifs is 7. The van der Waals surface area contributed by atoms with Crippen molar-refractivity contribution in [2.75, 3.05) is 0 Å². The summed E-state index contributed by atoms with van der Waals surface area (Å²) in [6.07, 6.45) is 8.05. The Morgan fingerprint density at radius 2 is 1.59 bits per heavy atom. The highest BCUT2D eigenvalue weighted by atomic mass is 31.2. The van der Waals surface area contributed by atoms with Gasteiger partial charge in [-0.25, -0.2) is 0 Å². The molecule has 7 atom stereocenters. The zero-order valence-corrected chi connectivity index (χ0v) is 24.2. The molecule has 202 valence electrons. The van der Waals surface area contributed by atoms with Crippen LogP contribution in [0.25, 0.3) is 0 Å². The van der Waals surface area contributed by atoms with E-state index < -0.39 is 34.9 Å². The Morgan fingerprint density at radius 1 is 0.973 bits per heavy atom. The Morgan fingerprint density at radius 3 is 2.19 bits per heavy atom. The molecule has 2 N–H and O–H groups in total. The van der Waals surface area contributed by atoms with Crippen molar-refractivity contribution in [1.29, 1.82) is 5.26 Å². The van der Waals surface area contributed by atoms with Crippen LogP contribution in [0.1, 0.15) is 93.4 Å². The molecule has 0 aromatic rings. The lowest BCUT2D eigenvalue weighted by Crippen LogP contribution is -2.66. The average Bonchev–Trinajstić information content (AvgIpc) is 2.76. The fourth-order valence-corrected chi connectivity index (χ4v) is 11.6. The lowest BCUT2D eigenvalue weighted by Gasteiger charge is -2.69. The molecule has 3 fully saturated rings. The Bertz CT molecular complexity index is 1250. The Balaban J connectivity index is 1.72. The molecule has 7 heteroatoms. The van der Waals surface area contributed by atoms with E-state index in [1.165, 1.54) is 0 Å². The minimum Gasteiger partial charge on any atom is -0.324 e. The topological polar surface area (TPSA) is 115 Å². The minimum absolute atomic E-state index is 0.0247. The summed E-state index contributed by atoms with van der Waals surface area (Å²) < 4.78 is 13.1. The van der Waals surface area contributed by atoms with Gasteiger partial charge in [0, 0.05) is 16.7 Å². The van der Waals surface area contributed by atoms with E-state index in [0.717, 1.165) is 24.8 Å². The summed E-state index contributed by atoms with van der Waals surface area (Å²) in [5.74, 6) is -1.01. The number of rotatable bonds is 1. The van der Waals surface area contributed by atoms with Gasteiger partial charge < -0.3 is 9.79 Å². The number of hydrogen-bond donors (Lipinski definition) is 2. The molecule has 5 aliphatic carbocycles. The first kappa shape index (κ1) is 27.0. The molecule has 0 bridgehead atoms. The smallest absolute Gasteiger partial charge is 0.324 e. The van der Waals surface area contributed by atoms with Gasteiger partial charge >= 0.3 is 7.60 Å². The molecule has 0 unspecified atom stereocenters. The second-order valence-electron chi connectivity index (χ2n) is 14.9. The third kappa shape index (κ3) is 3.20. The molecule has 5 aliphatic rings. The van der Waals surface area contributed by atoms with Gasteiger partial charge in [0.2, 0.25) is 0 Å². The number of ketones is 2. The van der Waals surface area contributed by atoms with Crippen molar-refractivity contribution in [2.24, 2.45) is 44.8 Å². The van der Waals surface area contributed by atoms with Crippen molar-refractivity contribution in [3.05, 3.63) is 23.3 Å². The zero-order chi connectivity index (χ0) is 27.6. The van der Waals surface area contributed by atoms with Crippen LogP contribution in [0, 0.1) is 56.2 Å². The van der Waals surface area contributed by atoms with Crippen LogP contribution in [0.4, 0.5) is 0 Å². The van der Waals surface area contributed by atoms with Crippen molar-refractivity contribution in [2.45, 2.75) is 98.6 Å². The molecule has 3 saturated carbocycles. The maximum absolute atomic E-state index is 14.3. The van der Waals surface area contributed by atoms with E-state index in [1.54, 1.807) is 6.08 Å². The van der Waals surface area contributed by atoms with Crippen molar-refractivity contribution in [1.82, 2.24) is 0 Å². The number of allylic oxidation sites excluding steroid dienone is 4. The van der Waals surface area contributed by atoms with Crippen molar-refractivity contribution in [3.63, 3.8) is 0 Å². The van der Waals surface area contributed by atoms with Crippen LogP contribution in [0.2, 0.25) is 0 Å². The Kier molecular flexibility index (Phi) is 5.52. The van der Waals surface area contributed by atoms with Crippen LogP contribution in [0.15, 0.2) is 23.3 Å². The summed E-state index contributed by atoms with van der Waals surface area (Å²) in [5.41, 5.74) is -1.08. The zero-order valence-electron chi connectivity index (χ0n) is 23.4. The Labute approximate surface area is 221 Å². The number of Topliss-reactive ketones (excluding diaryl/α,β-unsaturated/α-hetero) is 1. The third-order valence-corrected chi connectivity index (χ3v) is 14.3. The van der Waals surface area contributed by atoms with Crippen molar-refractivity contribution < 1.29 is 23.9 Å². The highest BCUT2D eigenvalue weighted by Crippen LogP contribution is 2.77. The molecule has 37 heavy (non-hydrogen) atoms. The van der Waals surface area contributed by atoms with Gasteiger partial charge in [0.1, 0.15) is 6.07 Å². The molecule has 0 amide bonds. The molecule has 0 aromatic carbocycles. The van der Waals surface area contributed by atoms with E-state index in [9.17, 15) is 29.2 Å². The van der Waals surface area contributed by atoms with E-state index in [4.69, 9.17) is 0 Å². The number of hydrogen-bond acceptors (Lipinski definition) is 4. The van der Waals surface area contributed by atoms with Gasteiger partial charge in [0.15, 0.2) is 11.6 Å². The van der Waals surface area contributed by atoms with E-state index >= 15 is 0 Å². The quantitative estimate of drug-likeness (QED) is 0.396. The molecule has 6 nitrogen and oxygen atoms in total. The number of carbonyl (C=O) groups is 2. The summed E-state index contributed by atoms with van der Waals surface area (Å²) in [5, 5.41) is 8.69. The monoisotopic (exact) mass is 527 g/mol. The molecule has 0 spiro atoms. The molecule has 5 rings (SSSR count). The maximum atomic E-state index is 14.3. The van der Waals surface area contributed by atoms with Crippen LogP contribution in [0.5, 0.6) is 0 Å². The third-order valence-electron chi connectivity index (χ3n) is 12.4. The maximum Gasteiger partial charge on any atom is 0.331 e. The van der Waals surface area contributed by atoms with E-state index in [0.29, 0.717) is 25.7 Å². The summed E-state index contributed by atoms with van der Waals surface area (Å²) in [6, 6.07) is 2.13. The van der Waals surface area contributed by atoms with Gasteiger partial charge in [-0.15, -0.1) is 0 Å². The first-order chi connectivity index (χ1) is 16.8. The number of carbonyl (C=O) groups excluding carboxylic acids is 2. The van der Waals surface area contributed by atoms with Gasteiger partial charge in [-0.2, -0.15) is 5.26 Å². The van der Waals surface area contributed by atoms with Gasteiger partial charge in [-0.3, -0.25) is 14.2 Å². The normalized spacial score (nSPS) is 46.3. The van der Waals surface area contributed by atoms with Crippen LogP contribution in [-0.4, -0.2) is 26.5 Å². The number of nitriles is 1. The minimum atomic E-state index is -4.46. The van der Waals surface area contributed by atoms with E-state index in [1.807, 2.05) is 19.9 Å². The Hall–Kier alpha value is -1.54. The highest BCUT2D eigenvalue weighted by Gasteiger charge is 2.72. The fraction of sp³-hybridized carbons (Fsp3) is 0.767. The molecule has 0 aromatic heterocycles. The fourth-order valence-electron chi connectivity index (χ4n) is 10.1. The summed E-state index contributed by atoms with van der Waals surface area (Å²) >= 11 is 0. The van der Waals surface area contributed by atoms with E-state index in [-0.39, 0.29) is 39.8 Å². The van der Waals surface area contributed by atoms with Crippen molar-refractivity contribution in [3.8, 4) is 6.07 Å². The van der Waals surface area contributed by atoms with Gasteiger partial charge in [0.25, 0.3) is 0 Å². The van der Waals surface area contributed by atoms with Gasteiger partial charge in [0.05, 0.1) is 10.7 Å². The molecule has 0 heterocycles. The van der Waals surface area contributed by atoms with Crippen LogP contribution >= 0.6 is 7.60 Å². The summed E-state index contributed by atoms with van der Waals surface area (Å²) in [4.78, 5) is 48.9. The van der Waals surface area contributed by atoms with Gasteiger partial charge in [-0.05, 0) is 79.1 Å². The summed E-state index contributed by atoms with van der Waals surface area (Å²) in [6.45, 7) is 14.7. The molecule has 0 saturated heterocycles. The molecule has 0 aliphatic heterocycles. The highest BCUT2D eigenvalue weighted by molar-refractivity contribution is 7.53. The van der Waals surface area contributed by atoms with Crippen LogP contribution in [0.3, 0.4) is 0 Å². The molecule has 0 radical (unpaired) electrons. The summed E-state index contributed by atoms with van der Waals surface area (Å²) in [7, 11) is -4.46. The second kappa shape index (κ2) is 7.56. The van der Waals surface area contributed by atoms with Crippen LogP contribution < -0.4 is 0 Å². The first-order valence-electron chi connectivity index (χ1n) is 13.8. The van der Waals surface area contributed by atoms with Crippen LogP contribution in [-0.2, 0) is 14.2 Å². The second-order valence-corrected chi connectivity index (χ2v) is 16.9. The predicted octanol–water partition coefficient (Wildman–Crippen LogP) is 6.14. The number of nitrogens with zero attached hydrogens (tertiary/aromatic N) is 1. The molecular weight excluding hydrogens is 485 g/mol. The predicted molar refractivity (Wildman–Crippen MR) is 141 cm³/mol. The van der Waals surface area contributed by atoms with Crippen molar-refractivity contribution >= 4 is 19.2 Å². The first-order valence-corrected chi connectivity index (χ1v) is 15.4. The average molecular weight is 528 g/mol. The lowest BCUT2D eigenvalue weighted by molar-refractivity contribution is -0.153. The van der Waals surface area contributed by atoms with Gasteiger partial charge in [-0.1, -0.05) is 60.1 Å². The standard InChI is InChI=1S/C30H42NO5P/c1-25(2)10-12-30(37(34,35)36)13-11-29(7)23(19(30)16-25)20(32)14-22-27(5)15-18(17-31)24(33)26(3,4)21(27)8-9-28(22,29)6/h14-15,19,21,23H,8-13,16H2,1-7H3,(H2,34,35,36)/t19-,21-,23-,27-,28+,29+,30-/m0/s1.